The Morgan fingerprint density at radius 2 is 1.71 bits per heavy atom. The molecule has 4 rings (SSSR count). The highest BCUT2D eigenvalue weighted by Crippen LogP contribution is 2.26. The molecule has 0 saturated carbocycles. The summed E-state index contributed by atoms with van der Waals surface area (Å²) in [6.45, 7) is 9.36. The molecule has 2 fully saturated rings. The molecule has 0 spiro atoms. The normalized spacial score (nSPS) is 27.1. The lowest BCUT2D eigenvalue weighted by Gasteiger charge is -2.26. The van der Waals surface area contributed by atoms with Crippen LogP contribution in [0.25, 0.3) is 0 Å². The summed E-state index contributed by atoms with van der Waals surface area (Å²) in [6, 6.07) is 8.46. The minimum atomic E-state index is 0.178. The second-order valence-electron chi connectivity index (χ2n) is 8.87. The first-order valence-corrected chi connectivity index (χ1v) is 10.7. The van der Waals surface area contributed by atoms with Crippen LogP contribution in [-0.4, -0.2) is 96.6 Å². The van der Waals surface area contributed by atoms with E-state index >= 15 is 0 Å². The molecule has 2 saturated heterocycles. The van der Waals surface area contributed by atoms with Crippen LogP contribution in [0.1, 0.15) is 17.5 Å². The Morgan fingerprint density at radius 3 is 2.43 bits per heavy atom. The summed E-state index contributed by atoms with van der Waals surface area (Å²) in [5.74, 6) is 0.804. The molecule has 1 N–H and O–H groups in total. The van der Waals surface area contributed by atoms with Crippen LogP contribution >= 0.6 is 0 Å². The van der Waals surface area contributed by atoms with Gasteiger partial charge in [-0.15, -0.1) is 0 Å². The Kier molecular flexibility index (Phi) is 6.31. The summed E-state index contributed by atoms with van der Waals surface area (Å²) in [5, 5.41) is 9.89. The van der Waals surface area contributed by atoms with Gasteiger partial charge in [0.1, 0.15) is 0 Å². The van der Waals surface area contributed by atoms with E-state index in [0.29, 0.717) is 19.0 Å². The zero-order valence-electron chi connectivity index (χ0n) is 17.1. The second kappa shape index (κ2) is 8.91. The molecule has 28 heavy (non-hydrogen) atoms. The van der Waals surface area contributed by atoms with Crippen LogP contribution in [0.5, 0.6) is 0 Å². The van der Waals surface area contributed by atoms with Crippen LogP contribution in [0.4, 0.5) is 0 Å². The average molecular weight is 387 g/mol. The van der Waals surface area contributed by atoms with Gasteiger partial charge in [-0.1, -0.05) is 24.3 Å². The highest BCUT2D eigenvalue weighted by atomic mass is 16.3. The number of hydrogen-bond acceptors (Lipinski definition) is 5. The third-order valence-electron chi connectivity index (χ3n) is 6.73. The number of fused-ring (bicyclic) bond motifs is 1. The summed E-state index contributed by atoms with van der Waals surface area (Å²) >= 11 is 0. The van der Waals surface area contributed by atoms with Crippen LogP contribution in [0.15, 0.2) is 24.3 Å². The Balaban J connectivity index is 1.30. The second-order valence-corrected chi connectivity index (χ2v) is 8.87. The van der Waals surface area contributed by atoms with Crippen molar-refractivity contribution in [3.8, 4) is 0 Å². The summed E-state index contributed by atoms with van der Waals surface area (Å²) in [7, 11) is 2.19. The van der Waals surface area contributed by atoms with E-state index in [9.17, 15) is 9.90 Å². The number of benzene rings is 1. The van der Waals surface area contributed by atoms with Crippen LogP contribution in [-0.2, 0) is 17.9 Å². The van der Waals surface area contributed by atoms with E-state index in [2.05, 4.69) is 46.0 Å². The fourth-order valence-electron chi connectivity index (χ4n) is 4.98. The molecule has 3 heterocycles. The maximum absolute atomic E-state index is 12.9. The molecular formula is C22H34N4O2. The molecule has 0 radical (unpaired) electrons. The number of carbonyl (C=O) groups excluding carboxylic acids is 1. The predicted octanol–water partition coefficient (Wildman–Crippen LogP) is 0.707. The number of aliphatic hydroxyl groups is 1. The number of likely N-dealkylation sites (N-methyl/N-ethyl adjacent to an activating group) is 1. The Bertz CT molecular complexity index is 657. The topological polar surface area (TPSA) is 50.3 Å². The van der Waals surface area contributed by atoms with Crippen molar-refractivity contribution in [1.82, 2.24) is 19.6 Å². The Labute approximate surface area is 168 Å². The Hall–Kier alpha value is -1.47. The zero-order valence-corrected chi connectivity index (χ0v) is 17.1. The first-order valence-electron chi connectivity index (χ1n) is 10.7. The van der Waals surface area contributed by atoms with E-state index in [1.807, 2.05) is 4.90 Å². The number of aliphatic hydroxyl groups excluding tert-OH is 1. The minimum Gasteiger partial charge on any atom is -0.396 e. The largest absolute Gasteiger partial charge is 0.396 e. The van der Waals surface area contributed by atoms with Crippen LogP contribution in [0.2, 0.25) is 0 Å². The van der Waals surface area contributed by atoms with Crippen molar-refractivity contribution < 1.29 is 9.90 Å². The highest BCUT2D eigenvalue weighted by Gasteiger charge is 2.36. The Morgan fingerprint density at radius 1 is 1.00 bits per heavy atom. The quantitative estimate of drug-likeness (QED) is 0.808. The van der Waals surface area contributed by atoms with Gasteiger partial charge in [-0.3, -0.25) is 9.69 Å². The maximum Gasteiger partial charge on any atom is 0.236 e. The van der Waals surface area contributed by atoms with Crippen molar-refractivity contribution >= 4 is 5.91 Å². The van der Waals surface area contributed by atoms with Gasteiger partial charge < -0.3 is 19.8 Å². The molecular weight excluding hydrogens is 352 g/mol. The highest BCUT2D eigenvalue weighted by molar-refractivity contribution is 5.78. The smallest absolute Gasteiger partial charge is 0.236 e. The summed E-state index contributed by atoms with van der Waals surface area (Å²) in [4.78, 5) is 22.1. The number of rotatable bonds is 5. The van der Waals surface area contributed by atoms with Crippen molar-refractivity contribution in [2.75, 3.05) is 66.0 Å². The number of nitrogens with zero attached hydrogens (tertiary/aromatic N) is 4. The van der Waals surface area contributed by atoms with Crippen molar-refractivity contribution in [1.29, 1.82) is 0 Å². The standard InChI is InChI=1S/C22H34N4O2/c1-23-7-4-8-24(10-9-23)13-20-14-26(15-21(20)17-27)22(28)16-25-11-18-5-2-3-6-19(18)12-25/h2-3,5-6,20-21,27H,4,7-17H2,1H3/t20-,21-/m1/s1. The van der Waals surface area contributed by atoms with Gasteiger partial charge in [0.25, 0.3) is 0 Å². The maximum atomic E-state index is 12.9. The van der Waals surface area contributed by atoms with E-state index in [4.69, 9.17) is 0 Å². The fraction of sp³-hybridized carbons (Fsp3) is 0.682. The molecule has 0 aliphatic carbocycles. The molecule has 2 atom stereocenters. The molecule has 1 aromatic carbocycles. The predicted molar refractivity (Wildman–Crippen MR) is 110 cm³/mol. The lowest BCUT2D eigenvalue weighted by Crippen LogP contribution is -2.38. The average Bonchev–Trinajstić information content (AvgIpc) is 3.22. The number of likely N-dealkylation sites (tertiary alicyclic amines) is 1. The van der Waals surface area contributed by atoms with Gasteiger partial charge in [-0.25, -0.2) is 0 Å². The van der Waals surface area contributed by atoms with Gasteiger partial charge in [0.15, 0.2) is 0 Å². The van der Waals surface area contributed by atoms with E-state index in [1.165, 1.54) is 17.5 Å². The minimum absolute atomic E-state index is 0.178. The molecule has 6 heteroatoms. The van der Waals surface area contributed by atoms with E-state index in [-0.39, 0.29) is 18.4 Å². The molecule has 154 valence electrons. The van der Waals surface area contributed by atoms with Gasteiger partial charge in [0, 0.05) is 58.3 Å². The van der Waals surface area contributed by atoms with Crippen molar-refractivity contribution in [3.63, 3.8) is 0 Å². The van der Waals surface area contributed by atoms with E-state index < -0.39 is 0 Å². The first-order chi connectivity index (χ1) is 13.6. The van der Waals surface area contributed by atoms with E-state index in [1.54, 1.807) is 0 Å². The molecule has 1 amide bonds. The fourth-order valence-corrected chi connectivity index (χ4v) is 4.98. The third kappa shape index (κ3) is 4.57. The summed E-state index contributed by atoms with van der Waals surface area (Å²) < 4.78 is 0. The van der Waals surface area contributed by atoms with Gasteiger partial charge >= 0.3 is 0 Å². The van der Waals surface area contributed by atoms with E-state index in [0.717, 1.165) is 52.4 Å². The van der Waals surface area contributed by atoms with Gasteiger partial charge in [0.05, 0.1) is 6.54 Å². The summed E-state index contributed by atoms with van der Waals surface area (Å²) in [5.41, 5.74) is 2.68. The SMILES string of the molecule is CN1CCCN(C[C@@H]2CN(C(=O)CN3Cc4ccccc4C3)C[C@@H]2CO)CC1. The lowest BCUT2D eigenvalue weighted by atomic mass is 9.96. The van der Waals surface area contributed by atoms with Gasteiger partial charge in [0.2, 0.25) is 5.91 Å². The molecule has 0 unspecified atom stereocenters. The van der Waals surface area contributed by atoms with Crippen molar-refractivity contribution in [2.24, 2.45) is 11.8 Å². The number of carbonyl (C=O) groups is 1. The van der Waals surface area contributed by atoms with Crippen LogP contribution in [0.3, 0.4) is 0 Å². The lowest BCUT2D eigenvalue weighted by molar-refractivity contribution is -0.131. The van der Waals surface area contributed by atoms with Gasteiger partial charge in [-0.2, -0.15) is 0 Å². The molecule has 3 aliphatic rings. The number of amides is 1. The van der Waals surface area contributed by atoms with Crippen LogP contribution in [0, 0.1) is 11.8 Å². The van der Waals surface area contributed by atoms with Crippen LogP contribution < -0.4 is 0 Å². The summed E-state index contributed by atoms with van der Waals surface area (Å²) in [6.07, 6.45) is 1.20. The third-order valence-corrected chi connectivity index (χ3v) is 6.73. The molecule has 3 aliphatic heterocycles. The first kappa shape index (κ1) is 19.8. The van der Waals surface area contributed by atoms with Crippen molar-refractivity contribution in [3.05, 3.63) is 35.4 Å². The molecule has 6 nitrogen and oxygen atoms in total. The molecule has 1 aromatic rings. The number of hydrogen-bond donors (Lipinski definition) is 1. The van der Waals surface area contributed by atoms with Crippen molar-refractivity contribution in [2.45, 2.75) is 19.5 Å². The zero-order chi connectivity index (χ0) is 19.5. The molecule has 0 aromatic heterocycles. The van der Waals surface area contributed by atoms with Gasteiger partial charge in [-0.05, 0) is 43.6 Å². The monoisotopic (exact) mass is 386 g/mol. The molecule has 0 bridgehead atoms.